The Morgan fingerprint density at radius 3 is 2.67 bits per heavy atom. The summed E-state index contributed by atoms with van der Waals surface area (Å²) in [6.07, 6.45) is 0.0287. The summed E-state index contributed by atoms with van der Waals surface area (Å²) >= 11 is 0. The van der Waals surface area contributed by atoms with Gasteiger partial charge >= 0.3 is 13.7 Å². The maximum atomic E-state index is 13.8. The predicted molar refractivity (Wildman–Crippen MR) is 135 cm³/mol. The number of fused-ring (bicyclic) bond motifs is 3. The Morgan fingerprint density at radius 2 is 1.90 bits per heavy atom. The molecule has 0 spiro atoms. The van der Waals surface area contributed by atoms with Crippen molar-refractivity contribution in [3.63, 3.8) is 0 Å². The topological polar surface area (TPSA) is 176 Å². The molecule has 1 unspecified atom stereocenters. The number of carbonyl (C=O) groups is 1. The van der Waals surface area contributed by atoms with E-state index in [2.05, 4.69) is 20.0 Å². The molecule has 3 N–H and O–H groups in total. The third-order valence-corrected chi connectivity index (χ3v) is 8.08. The highest BCUT2D eigenvalue weighted by atomic mass is 31.2. The zero-order valence-corrected chi connectivity index (χ0v) is 22.3. The summed E-state index contributed by atoms with van der Waals surface area (Å²) in [7, 11) is -4.21. The van der Waals surface area contributed by atoms with Gasteiger partial charge in [-0.05, 0) is 38.8 Å². The molecule has 5 rings (SSSR count). The first-order valence-corrected chi connectivity index (χ1v) is 14.0. The molecule has 0 amide bonds. The van der Waals surface area contributed by atoms with Crippen molar-refractivity contribution in [1.82, 2.24) is 24.6 Å². The van der Waals surface area contributed by atoms with Crippen molar-refractivity contribution in [3.05, 3.63) is 43.0 Å². The van der Waals surface area contributed by atoms with Crippen LogP contribution in [-0.2, 0) is 23.4 Å². The second kappa shape index (κ2) is 11.2. The molecule has 6 atom stereocenters. The highest BCUT2D eigenvalue weighted by Gasteiger charge is 2.54. The van der Waals surface area contributed by atoms with E-state index < -0.39 is 50.4 Å². The lowest BCUT2D eigenvalue weighted by atomic mass is 9.96. The Kier molecular flexibility index (Phi) is 7.85. The second-order valence-electron chi connectivity index (χ2n) is 9.47. The number of rotatable bonds is 2. The first kappa shape index (κ1) is 27.4. The molecular formula is C24H30N5O9P. The van der Waals surface area contributed by atoms with Crippen LogP contribution in [0.4, 0.5) is 0 Å². The van der Waals surface area contributed by atoms with Crippen LogP contribution in [0.1, 0.15) is 32.9 Å². The Balaban J connectivity index is 1.46. The van der Waals surface area contributed by atoms with Crippen molar-refractivity contribution in [2.75, 3.05) is 19.8 Å². The van der Waals surface area contributed by atoms with E-state index in [0.29, 0.717) is 24.0 Å². The number of benzene rings is 1. The zero-order valence-electron chi connectivity index (χ0n) is 21.4. The summed E-state index contributed by atoms with van der Waals surface area (Å²) < 4.78 is 43.6. The molecule has 0 aliphatic carbocycles. The van der Waals surface area contributed by atoms with Gasteiger partial charge in [-0.25, -0.2) is 14.5 Å². The monoisotopic (exact) mass is 563 g/mol. The van der Waals surface area contributed by atoms with E-state index in [4.69, 9.17) is 23.3 Å². The highest BCUT2D eigenvalue weighted by molar-refractivity contribution is 7.52. The number of carbonyl (C=O) groups excluding carboxylic acids is 1. The average Bonchev–Trinajstić information content (AvgIpc) is 3.43. The smallest absolute Gasteiger partial charge is 0.459 e. The molecule has 4 heterocycles. The number of aliphatic hydroxyl groups is 2. The van der Waals surface area contributed by atoms with Crippen LogP contribution < -0.4 is 14.3 Å². The van der Waals surface area contributed by atoms with Crippen molar-refractivity contribution in [3.8, 4) is 11.6 Å². The molecule has 2 aromatic heterocycles. The van der Waals surface area contributed by atoms with Gasteiger partial charge < -0.3 is 28.9 Å². The first-order valence-electron chi connectivity index (χ1n) is 12.5. The van der Waals surface area contributed by atoms with Crippen LogP contribution in [0.2, 0.25) is 0 Å². The molecule has 210 valence electrons. The van der Waals surface area contributed by atoms with Crippen molar-refractivity contribution in [1.29, 1.82) is 0 Å². The first-order chi connectivity index (χ1) is 18.7. The molecule has 39 heavy (non-hydrogen) atoms. The quantitative estimate of drug-likeness (QED) is 0.304. The lowest BCUT2D eigenvalue weighted by Crippen LogP contribution is -2.44. The summed E-state index contributed by atoms with van der Waals surface area (Å²) in [5.41, 5.74) is -1.16. The fourth-order valence-corrected chi connectivity index (χ4v) is 5.83. The van der Waals surface area contributed by atoms with Gasteiger partial charge in [0.15, 0.2) is 17.4 Å². The fourth-order valence-electron chi connectivity index (χ4n) is 4.33. The molecule has 0 radical (unpaired) electrons. The van der Waals surface area contributed by atoms with Crippen molar-refractivity contribution < 1.29 is 42.8 Å². The van der Waals surface area contributed by atoms with E-state index in [1.807, 2.05) is 0 Å². The van der Waals surface area contributed by atoms with E-state index in [0.717, 1.165) is 0 Å². The molecule has 1 saturated heterocycles. The molecule has 1 aromatic carbocycles. The minimum absolute atomic E-state index is 0.117. The molecule has 6 bridgehead atoms. The number of nitrogens with one attached hydrogen (secondary N) is 1. The number of hydrogen-bond donors (Lipinski definition) is 3. The maximum Gasteiger partial charge on any atom is 0.459 e. The van der Waals surface area contributed by atoms with E-state index >= 15 is 0 Å². The summed E-state index contributed by atoms with van der Waals surface area (Å²) in [5.74, 6) is -0.189. The number of para-hydroxylation sites is 1. The van der Waals surface area contributed by atoms with Crippen LogP contribution in [0.3, 0.4) is 0 Å². The standard InChI is InChI=1S/C24H30N5O9P/c1-15-22(31)35-11-7-6-10-34-21-18-20(25-13-26-21)29(14-27-18)23-24(2,32)19(30)17(37-23)12-36-39(33,28-15)38-16-8-4-3-5-9-16/h3-5,8-9,13-15,17,19,23,30,32H,6-7,10-12H2,1-2H3,(H,28,33)/t15-,17-,19-,23-,24-,39?/m1/s1. The second-order valence-corrected chi connectivity index (χ2v) is 11.2. The SMILES string of the molecule is C[C@H]1NP(=O)(Oc2ccccc2)OC[C@H]2O[C@@H](n3cnc4c(ncnc43)OCCCCOC1=O)[C@](C)(O)[C@@H]2O. The number of cyclic esters (lactones) is 1. The zero-order chi connectivity index (χ0) is 27.6. The predicted octanol–water partition coefficient (Wildman–Crippen LogP) is 1.73. The Morgan fingerprint density at radius 1 is 1.15 bits per heavy atom. The number of ether oxygens (including phenoxy) is 3. The molecular weight excluding hydrogens is 533 g/mol. The third-order valence-electron chi connectivity index (χ3n) is 6.44. The number of esters is 1. The number of imidazole rings is 1. The van der Waals surface area contributed by atoms with Gasteiger partial charge in [0, 0.05) is 0 Å². The van der Waals surface area contributed by atoms with Gasteiger partial charge in [0.25, 0.3) is 0 Å². The largest absolute Gasteiger partial charge is 0.476 e. The maximum absolute atomic E-state index is 13.8. The summed E-state index contributed by atoms with van der Waals surface area (Å²) in [4.78, 5) is 25.3. The average molecular weight is 564 g/mol. The molecule has 0 saturated carbocycles. The molecule has 2 aliphatic heterocycles. The summed E-state index contributed by atoms with van der Waals surface area (Å²) in [5, 5.41) is 24.8. The number of aromatic nitrogens is 4. The third kappa shape index (κ3) is 5.76. The number of hydrogen-bond acceptors (Lipinski definition) is 12. The van der Waals surface area contributed by atoms with Gasteiger partial charge in [-0.1, -0.05) is 18.2 Å². The normalized spacial score (nSPS) is 32.6. The minimum atomic E-state index is -4.21. The van der Waals surface area contributed by atoms with Gasteiger partial charge in [0.1, 0.15) is 35.9 Å². The van der Waals surface area contributed by atoms with Crippen LogP contribution in [0.5, 0.6) is 11.6 Å². The Bertz CT molecular complexity index is 1350. The van der Waals surface area contributed by atoms with Gasteiger partial charge in [0.05, 0.1) is 26.1 Å². The van der Waals surface area contributed by atoms with Crippen LogP contribution in [0, 0.1) is 0 Å². The van der Waals surface area contributed by atoms with Crippen LogP contribution in [0.25, 0.3) is 11.2 Å². The van der Waals surface area contributed by atoms with Gasteiger partial charge in [-0.3, -0.25) is 13.9 Å². The molecule has 3 aromatic rings. The van der Waals surface area contributed by atoms with E-state index in [9.17, 15) is 19.6 Å². The van der Waals surface area contributed by atoms with Gasteiger partial charge in [-0.15, -0.1) is 0 Å². The molecule has 14 nitrogen and oxygen atoms in total. The van der Waals surface area contributed by atoms with Crippen LogP contribution in [0.15, 0.2) is 43.0 Å². The Labute approximate surface area is 223 Å². The fraction of sp³-hybridized carbons (Fsp3) is 0.500. The van der Waals surface area contributed by atoms with Crippen molar-refractivity contribution in [2.24, 2.45) is 0 Å². The van der Waals surface area contributed by atoms with Crippen LogP contribution in [-0.4, -0.2) is 79.4 Å². The molecule has 15 heteroatoms. The number of nitrogens with zero attached hydrogens (tertiary/aromatic N) is 4. The highest BCUT2D eigenvalue weighted by Crippen LogP contribution is 2.47. The van der Waals surface area contributed by atoms with Gasteiger partial charge in [-0.2, -0.15) is 10.1 Å². The Hall–Kier alpha value is -3.13. The summed E-state index contributed by atoms with van der Waals surface area (Å²) in [6, 6.07) is 7.22. The van der Waals surface area contributed by atoms with Gasteiger partial charge in [0.2, 0.25) is 5.88 Å². The van der Waals surface area contributed by atoms with E-state index in [1.54, 1.807) is 30.3 Å². The van der Waals surface area contributed by atoms with Crippen LogP contribution >= 0.6 is 7.75 Å². The van der Waals surface area contributed by atoms with Crippen molar-refractivity contribution in [2.45, 2.75) is 56.8 Å². The molecule has 2 aliphatic rings. The van der Waals surface area contributed by atoms with E-state index in [-0.39, 0.29) is 24.8 Å². The van der Waals surface area contributed by atoms with Crippen molar-refractivity contribution >= 4 is 24.9 Å². The number of aliphatic hydroxyl groups excluding tert-OH is 1. The minimum Gasteiger partial charge on any atom is -0.476 e. The van der Waals surface area contributed by atoms with E-state index in [1.165, 1.54) is 31.1 Å². The molecule has 1 fully saturated rings. The summed E-state index contributed by atoms with van der Waals surface area (Å²) in [6.45, 7) is 2.80. The lowest BCUT2D eigenvalue weighted by Gasteiger charge is -2.27. The lowest BCUT2D eigenvalue weighted by molar-refractivity contribution is -0.145.